The molecule has 2 aromatic rings. The van der Waals surface area contributed by atoms with E-state index in [1.54, 1.807) is 6.07 Å². The van der Waals surface area contributed by atoms with Gasteiger partial charge in [-0.3, -0.25) is 5.10 Å². The van der Waals surface area contributed by atoms with Crippen molar-refractivity contribution in [3.63, 3.8) is 0 Å². The molecule has 236 valence electrons. The molecular formula is C27H42N4O11. The molecule has 1 saturated heterocycles. The van der Waals surface area contributed by atoms with Crippen LogP contribution in [0.4, 0.5) is 4.79 Å². The lowest BCUT2D eigenvalue weighted by atomic mass is 9.96. The van der Waals surface area contributed by atoms with Crippen LogP contribution in [0.3, 0.4) is 0 Å². The van der Waals surface area contributed by atoms with Gasteiger partial charge < -0.3 is 60.6 Å². The number of aromatic nitrogens is 2. The number of benzene rings is 1. The van der Waals surface area contributed by atoms with Gasteiger partial charge in [0.15, 0.2) is 0 Å². The minimum absolute atomic E-state index is 0.0459. The fraction of sp³-hybridized carbons (Fsp3) is 0.630. The van der Waals surface area contributed by atoms with E-state index in [0.717, 1.165) is 16.8 Å². The molecule has 2 heterocycles. The van der Waals surface area contributed by atoms with Crippen molar-refractivity contribution >= 4 is 6.03 Å². The Balaban J connectivity index is 1.64. The molecule has 1 fully saturated rings. The van der Waals surface area contributed by atoms with Crippen molar-refractivity contribution in [2.75, 3.05) is 39.6 Å². The number of rotatable bonds is 14. The van der Waals surface area contributed by atoms with Gasteiger partial charge in [0.2, 0.25) is 12.2 Å². The highest BCUT2D eigenvalue weighted by atomic mass is 16.7. The molecule has 2 amide bonds. The average Bonchev–Trinajstić information content (AvgIpc) is 3.37. The molecule has 5 atom stereocenters. The third-order valence-corrected chi connectivity index (χ3v) is 7.14. The zero-order chi connectivity index (χ0) is 31.0. The lowest BCUT2D eigenvalue weighted by molar-refractivity contribution is -0.278. The second kappa shape index (κ2) is 14.9. The summed E-state index contributed by atoms with van der Waals surface area (Å²) in [4.78, 5) is 12.0. The highest BCUT2D eigenvalue weighted by Crippen LogP contribution is 2.32. The number of hydrogen-bond acceptors (Lipinski definition) is 12. The lowest BCUT2D eigenvalue weighted by Gasteiger charge is -2.39. The van der Waals surface area contributed by atoms with Crippen LogP contribution >= 0.6 is 0 Å². The van der Waals surface area contributed by atoms with Gasteiger partial charge in [-0.1, -0.05) is 19.9 Å². The van der Waals surface area contributed by atoms with Gasteiger partial charge >= 0.3 is 6.03 Å². The molecule has 1 aliphatic heterocycles. The molecule has 1 aliphatic rings. The number of carbonyl (C=O) groups excluding carboxylic acids is 1. The molecule has 42 heavy (non-hydrogen) atoms. The first-order chi connectivity index (χ1) is 20.0. The first kappa shape index (κ1) is 33.5. The SMILES string of the molecule is Cc1cc(OCCNC(=O)NC(CO)(CO)CO)ccc1Cc1c(O[C@@H]2O[C@H](CO)[C@@H](O)[C@H](O)[C@H]2O)n[nH]c1C(C)C. The number of hydrogen-bond donors (Lipinski definition) is 10. The van der Waals surface area contributed by atoms with E-state index in [0.29, 0.717) is 17.7 Å². The molecule has 0 saturated carbocycles. The van der Waals surface area contributed by atoms with Crippen molar-refractivity contribution < 1.29 is 54.8 Å². The standard InChI is InChI=1S/C27H42N4O11/c1-14(2)20-18(24(31-30-20)42-25-23(38)22(37)21(36)19(10-32)41-25)9-16-4-5-17(8-15(16)3)40-7-6-28-26(39)29-27(11-33,12-34)13-35/h4-5,8,14,19,21-23,25,32-38H,6-7,9-13H2,1-3H3,(H,30,31)(H2,28,29,39)/t19-,21-,22+,23-,25+/m1/s1. The normalized spacial score (nSPS) is 22.7. The van der Waals surface area contributed by atoms with Crippen molar-refractivity contribution in [2.24, 2.45) is 0 Å². The van der Waals surface area contributed by atoms with Gasteiger partial charge in [0.25, 0.3) is 0 Å². The monoisotopic (exact) mass is 598 g/mol. The second-order valence-corrected chi connectivity index (χ2v) is 10.6. The van der Waals surface area contributed by atoms with Gasteiger partial charge in [-0.2, -0.15) is 0 Å². The zero-order valence-electron chi connectivity index (χ0n) is 23.9. The van der Waals surface area contributed by atoms with Crippen LogP contribution in [0, 0.1) is 6.92 Å². The average molecular weight is 599 g/mol. The van der Waals surface area contributed by atoms with E-state index < -0.39 is 68.7 Å². The van der Waals surface area contributed by atoms with E-state index in [4.69, 9.17) is 14.2 Å². The first-order valence-electron chi connectivity index (χ1n) is 13.6. The van der Waals surface area contributed by atoms with Crippen LogP contribution in [0.1, 0.15) is 42.1 Å². The Labute approximate surface area is 243 Å². The second-order valence-electron chi connectivity index (χ2n) is 10.6. The molecule has 10 N–H and O–H groups in total. The number of amides is 2. The smallest absolute Gasteiger partial charge is 0.315 e. The number of urea groups is 1. The summed E-state index contributed by atoms with van der Waals surface area (Å²) in [7, 11) is 0. The molecular weight excluding hydrogens is 556 g/mol. The minimum Gasteiger partial charge on any atom is -0.492 e. The van der Waals surface area contributed by atoms with Gasteiger partial charge in [-0.05, 0) is 36.1 Å². The van der Waals surface area contributed by atoms with Crippen LogP contribution in [0.5, 0.6) is 11.6 Å². The molecule has 3 rings (SSSR count). The van der Waals surface area contributed by atoms with Crippen LogP contribution in [0.25, 0.3) is 0 Å². The van der Waals surface area contributed by atoms with E-state index in [2.05, 4.69) is 20.8 Å². The maximum atomic E-state index is 12.0. The lowest BCUT2D eigenvalue weighted by Crippen LogP contribution is -2.60. The van der Waals surface area contributed by atoms with E-state index in [9.17, 15) is 40.5 Å². The Hall–Kier alpha value is -3.02. The van der Waals surface area contributed by atoms with E-state index >= 15 is 0 Å². The third-order valence-electron chi connectivity index (χ3n) is 7.14. The summed E-state index contributed by atoms with van der Waals surface area (Å²) in [5, 5.41) is 80.1. The molecule has 0 radical (unpaired) electrons. The van der Waals surface area contributed by atoms with Crippen LogP contribution in [-0.2, 0) is 11.2 Å². The number of ether oxygens (including phenoxy) is 3. The fourth-order valence-corrected chi connectivity index (χ4v) is 4.42. The summed E-state index contributed by atoms with van der Waals surface area (Å²) in [6.45, 7) is 3.64. The van der Waals surface area contributed by atoms with Crippen LogP contribution in [-0.4, -0.2) is 128 Å². The maximum Gasteiger partial charge on any atom is 0.315 e. The van der Waals surface area contributed by atoms with Gasteiger partial charge in [0.1, 0.15) is 42.3 Å². The topological polar surface area (TPSA) is 239 Å². The first-order valence-corrected chi connectivity index (χ1v) is 13.6. The molecule has 0 aliphatic carbocycles. The van der Waals surface area contributed by atoms with Gasteiger partial charge in [0.05, 0.1) is 33.0 Å². The summed E-state index contributed by atoms with van der Waals surface area (Å²) in [5.41, 5.74) is 1.80. The summed E-state index contributed by atoms with van der Waals surface area (Å²) in [6.07, 6.45) is -6.75. The number of aromatic amines is 1. The molecule has 0 bridgehead atoms. The minimum atomic E-state index is -1.58. The summed E-state index contributed by atoms with van der Waals surface area (Å²) in [5.74, 6) is 0.757. The van der Waals surface area contributed by atoms with Gasteiger partial charge in [-0.25, -0.2) is 4.79 Å². The summed E-state index contributed by atoms with van der Waals surface area (Å²) < 4.78 is 17.1. The number of carbonyl (C=O) groups is 1. The van der Waals surface area contributed by atoms with Crippen LogP contribution in [0.2, 0.25) is 0 Å². The number of H-pyrrole nitrogens is 1. The molecule has 1 aromatic carbocycles. The van der Waals surface area contributed by atoms with Gasteiger partial charge in [0, 0.05) is 17.7 Å². The van der Waals surface area contributed by atoms with Crippen LogP contribution < -0.4 is 20.1 Å². The highest BCUT2D eigenvalue weighted by molar-refractivity contribution is 5.74. The summed E-state index contributed by atoms with van der Waals surface area (Å²) in [6, 6.07) is 4.79. The van der Waals surface area contributed by atoms with Crippen molar-refractivity contribution in [1.29, 1.82) is 0 Å². The predicted molar refractivity (Wildman–Crippen MR) is 147 cm³/mol. The Kier molecular flexibility index (Phi) is 11.9. The number of aryl methyl sites for hydroxylation is 1. The summed E-state index contributed by atoms with van der Waals surface area (Å²) >= 11 is 0. The number of aliphatic hydroxyl groups is 7. The molecule has 15 nitrogen and oxygen atoms in total. The number of aliphatic hydroxyl groups excluding tert-OH is 7. The molecule has 15 heteroatoms. The fourth-order valence-electron chi connectivity index (χ4n) is 4.42. The molecule has 0 spiro atoms. The van der Waals surface area contributed by atoms with Gasteiger partial charge in [-0.15, -0.1) is 5.10 Å². The van der Waals surface area contributed by atoms with E-state index in [1.165, 1.54) is 0 Å². The Morgan fingerprint density at radius 2 is 1.79 bits per heavy atom. The van der Waals surface area contributed by atoms with Crippen molar-refractivity contribution in [2.45, 2.75) is 69.4 Å². The van der Waals surface area contributed by atoms with E-state index in [1.807, 2.05) is 32.9 Å². The quantitative estimate of drug-likeness (QED) is 0.106. The Morgan fingerprint density at radius 3 is 2.38 bits per heavy atom. The molecule has 1 aromatic heterocycles. The molecule has 0 unspecified atom stereocenters. The van der Waals surface area contributed by atoms with Crippen LogP contribution in [0.15, 0.2) is 18.2 Å². The zero-order valence-corrected chi connectivity index (χ0v) is 23.9. The van der Waals surface area contributed by atoms with Crippen molar-refractivity contribution in [3.05, 3.63) is 40.6 Å². The highest BCUT2D eigenvalue weighted by Gasteiger charge is 2.45. The Bertz CT molecular complexity index is 1150. The predicted octanol–water partition coefficient (Wildman–Crippen LogP) is -2.00. The number of nitrogens with zero attached hydrogens (tertiary/aromatic N) is 1. The van der Waals surface area contributed by atoms with Crippen molar-refractivity contribution in [1.82, 2.24) is 20.8 Å². The number of nitrogens with one attached hydrogen (secondary N) is 3. The largest absolute Gasteiger partial charge is 0.492 e. The maximum absolute atomic E-state index is 12.0. The van der Waals surface area contributed by atoms with E-state index in [-0.39, 0.29) is 24.9 Å². The Morgan fingerprint density at radius 1 is 1.10 bits per heavy atom. The third kappa shape index (κ3) is 7.87. The van der Waals surface area contributed by atoms with Crippen molar-refractivity contribution in [3.8, 4) is 11.6 Å².